The normalized spacial score (nSPS) is 11.1. The molecule has 1 heterocycles. The van der Waals surface area contributed by atoms with Crippen molar-refractivity contribution >= 4 is 44.8 Å². The van der Waals surface area contributed by atoms with Crippen molar-refractivity contribution < 1.29 is 26.8 Å². The molecule has 0 atom stereocenters. The van der Waals surface area contributed by atoms with Crippen LogP contribution in [0.1, 0.15) is 23.4 Å². The molecular weight excluding hydrogens is 461 g/mol. The second kappa shape index (κ2) is 10.3. The Balaban J connectivity index is 1.61. The van der Waals surface area contributed by atoms with E-state index in [4.69, 9.17) is 16.0 Å². The van der Waals surface area contributed by atoms with Crippen LogP contribution in [0.5, 0.6) is 0 Å². The highest BCUT2D eigenvalue weighted by atomic mass is 35.5. The van der Waals surface area contributed by atoms with Gasteiger partial charge in [-0.05, 0) is 48.9 Å². The monoisotopic (exact) mass is 479 g/mol. The molecule has 0 aliphatic carbocycles. The van der Waals surface area contributed by atoms with Crippen molar-refractivity contribution in [3.63, 3.8) is 0 Å². The van der Waals surface area contributed by atoms with Crippen LogP contribution < -0.4 is 15.4 Å². The molecule has 0 unspecified atom stereocenters. The van der Waals surface area contributed by atoms with Gasteiger partial charge in [0.05, 0.1) is 17.6 Å². The number of rotatable bonds is 9. The summed E-state index contributed by atoms with van der Waals surface area (Å²) in [5, 5.41) is 5.46. The molecule has 3 N–H and O–H groups in total. The lowest BCUT2D eigenvalue weighted by atomic mass is 10.2. The standard InChI is InChI=1S/C21H19ClFN3O5S/c22-14-9-10-16(26-32(29,30)19-7-2-1-5-15(19)23)17(13-14)25-20(27)8-3-11-24-21(28)18-6-4-12-31-18/h1-2,4-7,9-10,12-13,26H,3,8,11H2,(H,24,28)(H,25,27). The largest absolute Gasteiger partial charge is 0.459 e. The smallest absolute Gasteiger partial charge is 0.286 e. The number of anilines is 2. The lowest BCUT2D eigenvalue weighted by Gasteiger charge is -2.14. The van der Waals surface area contributed by atoms with E-state index in [9.17, 15) is 22.4 Å². The van der Waals surface area contributed by atoms with Gasteiger partial charge in [0.2, 0.25) is 5.91 Å². The Labute approximate surface area is 188 Å². The fraction of sp³-hybridized carbons (Fsp3) is 0.143. The molecular formula is C21H19ClFN3O5S. The Hall–Kier alpha value is -3.37. The second-order valence-corrected chi connectivity index (χ2v) is 8.70. The maximum absolute atomic E-state index is 13.9. The average molecular weight is 480 g/mol. The maximum Gasteiger partial charge on any atom is 0.286 e. The van der Waals surface area contributed by atoms with Crippen molar-refractivity contribution in [1.29, 1.82) is 0 Å². The number of carbonyl (C=O) groups is 2. The Morgan fingerprint density at radius 1 is 1.03 bits per heavy atom. The molecule has 0 radical (unpaired) electrons. The van der Waals surface area contributed by atoms with E-state index in [1.165, 1.54) is 42.7 Å². The number of sulfonamides is 1. The van der Waals surface area contributed by atoms with Gasteiger partial charge in [-0.15, -0.1) is 0 Å². The third kappa shape index (κ3) is 6.08. The number of furan rings is 1. The molecule has 0 aliphatic rings. The predicted octanol–water partition coefficient (Wildman–Crippen LogP) is 4.02. The van der Waals surface area contributed by atoms with E-state index >= 15 is 0 Å². The zero-order chi connectivity index (χ0) is 23.1. The van der Waals surface area contributed by atoms with Gasteiger partial charge < -0.3 is 15.1 Å². The van der Waals surface area contributed by atoms with E-state index in [1.54, 1.807) is 6.07 Å². The van der Waals surface area contributed by atoms with Crippen LogP contribution in [0.2, 0.25) is 5.02 Å². The number of benzene rings is 2. The molecule has 0 saturated carbocycles. The zero-order valence-corrected chi connectivity index (χ0v) is 18.2. The van der Waals surface area contributed by atoms with E-state index in [-0.39, 0.29) is 35.1 Å². The lowest BCUT2D eigenvalue weighted by Crippen LogP contribution is -2.25. The van der Waals surface area contributed by atoms with Crippen LogP contribution in [0.3, 0.4) is 0 Å². The second-order valence-electron chi connectivity index (χ2n) is 6.61. The molecule has 3 aromatic rings. The highest BCUT2D eigenvalue weighted by Gasteiger charge is 2.20. The summed E-state index contributed by atoms with van der Waals surface area (Å²) >= 11 is 5.98. The molecule has 11 heteroatoms. The first-order valence-electron chi connectivity index (χ1n) is 9.45. The van der Waals surface area contributed by atoms with Gasteiger partial charge in [-0.2, -0.15) is 0 Å². The molecule has 168 valence electrons. The molecule has 0 fully saturated rings. The summed E-state index contributed by atoms with van der Waals surface area (Å²) in [6.45, 7) is 0.231. The number of nitrogens with one attached hydrogen (secondary N) is 3. The molecule has 1 aromatic heterocycles. The molecule has 0 spiro atoms. The van der Waals surface area contributed by atoms with E-state index in [2.05, 4.69) is 15.4 Å². The summed E-state index contributed by atoms with van der Waals surface area (Å²) in [5.74, 6) is -1.56. The minimum absolute atomic E-state index is 0.0251. The van der Waals surface area contributed by atoms with E-state index < -0.39 is 32.6 Å². The molecule has 0 bridgehead atoms. The number of hydrogen-bond acceptors (Lipinski definition) is 5. The third-order valence-corrected chi connectivity index (χ3v) is 5.87. The minimum Gasteiger partial charge on any atom is -0.459 e. The number of hydrogen-bond donors (Lipinski definition) is 3. The van der Waals surface area contributed by atoms with Gasteiger partial charge >= 0.3 is 0 Å². The number of halogens is 2. The van der Waals surface area contributed by atoms with E-state index in [0.29, 0.717) is 6.42 Å². The molecule has 2 aromatic carbocycles. The van der Waals surface area contributed by atoms with Crippen LogP contribution in [0.15, 0.2) is 70.2 Å². The van der Waals surface area contributed by atoms with Crippen LogP contribution in [-0.2, 0) is 14.8 Å². The molecule has 32 heavy (non-hydrogen) atoms. The van der Waals surface area contributed by atoms with Gasteiger partial charge in [-0.25, -0.2) is 12.8 Å². The van der Waals surface area contributed by atoms with Crippen molar-refractivity contribution in [1.82, 2.24) is 5.32 Å². The van der Waals surface area contributed by atoms with Crippen molar-refractivity contribution in [2.75, 3.05) is 16.6 Å². The van der Waals surface area contributed by atoms with Crippen LogP contribution in [-0.4, -0.2) is 26.8 Å². The van der Waals surface area contributed by atoms with Gasteiger partial charge in [-0.1, -0.05) is 23.7 Å². The molecule has 0 aliphatic heterocycles. The summed E-state index contributed by atoms with van der Waals surface area (Å²) in [6, 6.07) is 12.2. The summed E-state index contributed by atoms with van der Waals surface area (Å²) in [6.07, 6.45) is 1.75. The molecule has 0 saturated heterocycles. The van der Waals surface area contributed by atoms with Crippen molar-refractivity contribution in [3.8, 4) is 0 Å². The lowest BCUT2D eigenvalue weighted by molar-refractivity contribution is -0.116. The predicted molar refractivity (Wildman–Crippen MR) is 118 cm³/mol. The number of amides is 2. The summed E-state index contributed by atoms with van der Waals surface area (Å²) in [5.41, 5.74) is 0.138. The Bertz CT molecular complexity index is 1220. The fourth-order valence-electron chi connectivity index (χ4n) is 2.73. The molecule has 8 nitrogen and oxygen atoms in total. The Morgan fingerprint density at radius 3 is 2.53 bits per heavy atom. The van der Waals surface area contributed by atoms with Crippen LogP contribution in [0.4, 0.5) is 15.8 Å². The minimum atomic E-state index is -4.24. The maximum atomic E-state index is 13.9. The summed E-state index contributed by atoms with van der Waals surface area (Å²) in [7, 11) is -4.24. The van der Waals surface area contributed by atoms with Crippen LogP contribution in [0, 0.1) is 5.82 Å². The molecule has 3 rings (SSSR count). The van der Waals surface area contributed by atoms with Gasteiger partial charge in [-0.3, -0.25) is 14.3 Å². The fourth-order valence-corrected chi connectivity index (χ4v) is 4.06. The topological polar surface area (TPSA) is 118 Å². The van der Waals surface area contributed by atoms with Gasteiger partial charge in [0.1, 0.15) is 10.7 Å². The van der Waals surface area contributed by atoms with E-state index in [0.717, 1.165) is 12.1 Å². The van der Waals surface area contributed by atoms with Crippen molar-refractivity contribution in [2.24, 2.45) is 0 Å². The first-order chi connectivity index (χ1) is 15.3. The van der Waals surface area contributed by atoms with E-state index in [1.807, 2.05) is 0 Å². The average Bonchev–Trinajstić information content (AvgIpc) is 3.28. The highest BCUT2D eigenvalue weighted by molar-refractivity contribution is 7.92. The van der Waals surface area contributed by atoms with Crippen LogP contribution in [0.25, 0.3) is 0 Å². The first-order valence-corrected chi connectivity index (χ1v) is 11.3. The van der Waals surface area contributed by atoms with Crippen molar-refractivity contribution in [2.45, 2.75) is 17.7 Å². The van der Waals surface area contributed by atoms with Gasteiger partial charge in [0.25, 0.3) is 15.9 Å². The highest BCUT2D eigenvalue weighted by Crippen LogP contribution is 2.29. The first kappa shape index (κ1) is 23.3. The molecule has 2 amide bonds. The Kier molecular flexibility index (Phi) is 7.49. The zero-order valence-electron chi connectivity index (χ0n) is 16.6. The van der Waals surface area contributed by atoms with Crippen molar-refractivity contribution in [3.05, 3.63) is 77.5 Å². The summed E-state index contributed by atoms with van der Waals surface area (Å²) in [4.78, 5) is 23.6. The summed E-state index contributed by atoms with van der Waals surface area (Å²) < 4.78 is 46.3. The third-order valence-electron chi connectivity index (χ3n) is 4.24. The van der Waals surface area contributed by atoms with Gasteiger partial charge in [0.15, 0.2) is 5.76 Å². The Morgan fingerprint density at radius 2 is 1.81 bits per heavy atom. The SMILES string of the molecule is O=C(CCCNC(=O)c1ccco1)Nc1cc(Cl)ccc1NS(=O)(=O)c1ccccc1F. The quantitative estimate of drug-likeness (QED) is 0.401. The van der Waals surface area contributed by atoms with Crippen LogP contribution >= 0.6 is 11.6 Å². The van der Waals surface area contributed by atoms with Gasteiger partial charge in [0, 0.05) is 18.0 Å². The number of carbonyl (C=O) groups excluding carboxylic acids is 2.